The van der Waals surface area contributed by atoms with Crippen LogP contribution < -0.4 is 5.32 Å². The van der Waals surface area contributed by atoms with E-state index in [1.807, 2.05) is 19.9 Å². The molecule has 116 valence electrons. The predicted molar refractivity (Wildman–Crippen MR) is 87.1 cm³/mol. The summed E-state index contributed by atoms with van der Waals surface area (Å²) in [5, 5.41) is 2.97. The molecule has 23 heavy (non-hydrogen) atoms. The minimum atomic E-state index is -0.751. The summed E-state index contributed by atoms with van der Waals surface area (Å²) in [5.41, 5.74) is 3.43. The number of benzene rings is 2. The molecule has 0 aliphatic rings. The number of carbonyl (C=O) groups is 2. The van der Waals surface area contributed by atoms with E-state index in [4.69, 9.17) is 0 Å². The highest BCUT2D eigenvalue weighted by atomic mass is 19.1. The van der Waals surface area contributed by atoms with Crippen molar-refractivity contribution in [1.82, 2.24) is 4.98 Å². The molecule has 1 heterocycles. The fraction of sp³-hybridized carbons (Fsp3) is 0.111. The molecule has 0 bridgehead atoms. The molecule has 2 aromatic carbocycles. The molecule has 0 aliphatic heterocycles. The van der Waals surface area contributed by atoms with Crippen LogP contribution in [0.4, 0.5) is 10.1 Å². The molecule has 0 atom stereocenters. The van der Waals surface area contributed by atoms with E-state index >= 15 is 0 Å². The number of aromatic nitrogens is 1. The van der Waals surface area contributed by atoms with Gasteiger partial charge in [0.1, 0.15) is 5.82 Å². The maximum atomic E-state index is 13.4. The zero-order valence-corrected chi connectivity index (χ0v) is 12.7. The summed E-state index contributed by atoms with van der Waals surface area (Å²) in [6.45, 7) is 3.89. The number of hydrogen-bond donors (Lipinski definition) is 2. The molecule has 0 saturated carbocycles. The number of halogens is 1. The van der Waals surface area contributed by atoms with Crippen LogP contribution in [0.5, 0.6) is 0 Å². The van der Waals surface area contributed by atoms with Gasteiger partial charge in [-0.25, -0.2) is 4.39 Å². The van der Waals surface area contributed by atoms with Crippen LogP contribution in [0.1, 0.15) is 21.5 Å². The molecule has 0 spiro atoms. The van der Waals surface area contributed by atoms with Gasteiger partial charge in [-0.05, 0) is 55.3 Å². The normalized spacial score (nSPS) is 10.7. The maximum absolute atomic E-state index is 13.4. The van der Waals surface area contributed by atoms with Crippen molar-refractivity contribution in [2.24, 2.45) is 0 Å². The lowest BCUT2D eigenvalue weighted by Gasteiger charge is -2.07. The van der Waals surface area contributed by atoms with Gasteiger partial charge < -0.3 is 10.3 Å². The zero-order chi connectivity index (χ0) is 16.6. The van der Waals surface area contributed by atoms with Gasteiger partial charge in [0.05, 0.1) is 5.56 Å². The van der Waals surface area contributed by atoms with E-state index in [1.165, 1.54) is 24.4 Å². The fourth-order valence-electron chi connectivity index (χ4n) is 2.41. The molecule has 0 saturated heterocycles. The maximum Gasteiger partial charge on any atom is 0.296 e. The number of aromatic amines is 1. The number of fused-ring (bicyclic) bond motifs is 1. The summed E-state index contributed by atoms with van der Waals surface area (Å²) < 4.78 is 13.4. The Morgan fingerprint density at radius 2 is 1.83 bits per heavy atom. The molecule has 0 aliphatic carbocycles. The van der Waals surface area contributed by atoms with Crippen LogP contribution in [-0.2, 0) is 4.79 Å². The Hall–Kier alpha value is -2.95. The van der Waals surface area contributed by atoms with E-state index in [0.717, 1.165) is 11.1 Å². The largest absolute Gasteiger partial charge is 0.360 e. The van der Waals surface area contributed by atoms with E-state index in [2.05, 4.69) is 10.3 Å². The summed E-state index contributed by atoms with van der Waals surface area (Å²) in [6.07, 6.45) is 1.42. The number of nitrogens with one attached hydrogen (secondary N) is 2. The second kappa shape index (κ2) is 5.68. The third kappa shape index (κ3) is 2.85. The molecule has 1 aromatic heterocycles. The molecule has 4 nitrogen and oxygen atoms in total. The Labute approximate surface area is 132 Å². The number of amides is 1. The van der Waals surface area contributed by atoms with Crippen molar-refractivity contribution in [3.05, 3.63) is 65.1 Å². The van der Waals surface area contributed by atoms with E-state index < -0.39 is 17.5 Å². The summed E-state index contributed by atoms with van der Waals surface area (Å²) in [4.78, 5) is 27.4. The second-order valence-corrected chi connectivity index (χ2v) is 5.47. The van der Waals surface area contributed by atoms with Gasteiger partial charge in [-0.3, -0.25) is 9.59 Å². The second-order valence-electron chi connectivity index (χ2n) is 5.47. The third-order valence-electron chi connectivity index (χ3n) is 3.86. The molecular weight excluding hydrogens is 295 g/mol. The van der Waals surface area contributed by atoms with E-state index in [9.17, 15) is 14.0 Å². The Kier molecular flexibility index (Phi) is 3.70. The molecule has 2 N–H and O–H groups in total. The van der Waals surface area contributed by atoms with Gasteiger partial charge in [-0.1, -0.05) is 6.07 Å². The van der Waals surface area contributed by atoms with Crippen molar-refractivity contribution < 1.29 is 14.0 Å². The molecule has 0 fully saturated rings. The van der Waals surface area contributed by atoms with Gasteiger partial charge >= 0.3 is 0 Å². The van der Waals surface area contributed by atoms with Gasteiger partial charge in [0, 0.05) is 22.8 Å². The number of H-pyrrole nitrogens is 1. The number of rotatable bonds is 3. The molecular formula is C18H15FN2O2. The average Bonchev–Trinajstić information content (AvgIpc) is 2.93. The minimum absolute atomic E-state index is 0.154. The lowest BCUT2D eigenvalue weighted by atomic mass is 10.1. The Bertz CT molecular complexity index is 928. The van der Waals surface area contributed by atoms with Crippen molar-refractivity contribution in [2.45, 2.75) is 13.8 Å². The van der Waals surface area contributed by atoms with Crippen LogP contribution >= 0.6 is 0 Å². The van der Waals surface area contributed by atoms with Crippen molar-refractivity contribution in [3.8, 4) is 0 Å². The molecule has 1 amide bonds. The SMILES string of the molecule is Cc1ccc(NC(=O)C(=O)c2c[nH]c3ccc(F)cc23)cc1C. The lowest BCUT2D eigenvalue weighted by Crippen LogP contribution is -2.22. The number of hydrogen-bond acceptors (Lipinski definition) is 2. The summed E-state index contributed by atoms with van der Waals surface area (Å²) in [5.74, 6) is -1.92. The van der Waals surface area contributed by atoms with Gasteiger partial charge in [-0.15, -0.1) is 0 Å². The quantitative estimate of drug-likeness (QED) is 0.572. The van der Waals surface area contributed by atoms with E-state index in [1.54, 1.807) is 12.1 Å². The zero-order valence-electron chi connectivity index (χ0n) is 12.7. The van der Waals surface area contributed by atoms with Crippen molar-refractivity contribution in [1.29, 1.82) is 0 Å². The van der Waals surface area contributed by atoms with Crippen LogP contribution in [0.2, 0.25) is 0 Å². The van der Waals surface area contributed by atoms with Gasteiger partial charge in [0.25, 0.3) is 11.7 Å². The first kappa shape index (κ1) is 15.0. The Morgan fingerprint density at radius 1 is 1.04 bits per heavy atom. The number of Topliss-reactive ketones (excluding diaryl/α,β-unsaturated/α-hetero) is 1. The monoisotopic (exact) mass is 310 g/mol. The third-order valence-corrected chi connectivity index (χ3v) is 3.86. The number of ketones is 1. The van der Waals surface area contributed by atoms with Crippen LogP contribution in [0, 0.1) is 19.7 Å². The highest BCUT2D eigenvalue weighted by molar-refractivity contribution is 6.48. The van der Waals surface area contributed by atoms with Crippen molar-refractivity contribution in [2.75, 3.05) is 5.32 Å². The smallest absolute Gasteiger partial charge is 0.296 e. The number of aryl methyl sites for hydroxylation is 2. The fourth-order valence-corrected chi connectivity index (χ4v) is 2.41. The van der Waals surface area contributed by atoms with Gasteiger partial charge in [0.15, 0.2) is 0 Å². The topological polar surface area (TPSA) is 62.0 Å². The highest BCUT2D eigenvalue weighted by Gasteiger charge is 2.20. The van der Waals surface area contributed by atoms with E-state index in [-0.39, 0.29) is 5.56 Å². The van der Waals surface area contributed by atoms with Crippen LogP contribution in [-0.4, -0.2) is 16.7 Å². The van der Waals surface area contributed by atoms with Crippen LogP contribution in [0.25, 0.3) is 10.9 Å². The molecule has 0 unspecified atom stereocenters. The van der Waals surface area contributed by atoms with Crippen LogP contribution in [0.3, 0.4) is 0 Å². The van der Waals surface area contributed by atoms with E-state index in [0.29, 0.717) is 16.6 Å². The predicted octanol–water partition coefficient (Wildman–Crippen LogP) is 3.75. The average molecular weight is 310 g/mol. The first-order valence-electron chi connectivity index (χ1n) is 7.15. The van der Waals surface area contributed by atoms with Gasteiger partial charge in [-0.2, -0.15) is 0 Å². The molecule has 5 heteroatoms. The lowest BCUT2D eigenvalue weighted by molar-refractivity contribution is -0.112. The number of anilines is 1. The van der Waals surface area contributed by atoms with Crippen molar-refractivity contribution >= 4 is 28.3 Å². The highest BCUT2D eigenvalue weighted by Crippen LogP contribution is 2.21. The summed E-state index contributed by atoms with van der Waals surface area (Å²) in [6, 6.07) is 9.47. The summed E-state index contributed by atoms with van der Waals surface area (Å²) in [7, 11) is 0. The summed E-state index contributed by atoms with van der Waals surface area (Å²) >= 11 is 0. The van der Waals surface area contributed by atoms with Crippen LogP contribution in [0.15, 0.2) is 42.6 Å². The molecule has 3 rings (SSSR count). The standard InChI is InChI=1S/C18H15FN2O2/c1-10-3-5-13(7-11(10)2)21-18(23)17(22)15-9-20-16-6-4-12(19)8-14(15)16/h3-9,20H,1-2H3,(H,21,23). The minimum Gasteiger partial charge on any atom is -0.360 e. The Morgan fingerprint density at radius 3 is 2.57 bits per heavy atom. The first-order chi connectivity index (χ1) is 11.0. The Balaban J connectivity index is 1.87. The van der Waals surface area contributed by atoms with Gasteiger partial charge in [0.2, 0.25) is 0 Å². The molecule has 3 aromatic rings. The van der Waals surface area contributed by atoms with Crippen molar-refractivity contribution in [3.63, 3.8) is 0 Å². The molecule has 0 radical (unpaired) electrons. The number of carbonyl (C=O) groups excluding carboxylic acids is 2. The first-order valence-corrected chi connectivity index (χ1v) is 7.15.